The molecule has 2 saturated carbocycles. The fourth-order valence-corrected chi connectivity index (χ4v) is 7.60. The van der Waals surface area contributed by atoms with Crippen LogP contribution in [0.3, 0.4) is 0 Å². The van der Waals surface area contributed by atoms with Crippen molar-refractivity contribution in [1.29, 1.82) is 5.41 Å². The van der Waals surface area contributed by atoms with E-state index in [0.29, 0.717) is 24.1 Å². The maximum atomic E-state index is 14.1. The number of amidine groups is 1. The van der Waals surface area contributed by atoms with Crippen molar-refractivity contribution < 1.29 is 19.1 Å². The predicted molar refractivity (Wildman–Crippen MR) is 148 cm³/mol. The van der Waals surface area contributed by atoms with E-state index in [2.05, 4.69) is 10.6 Å². The van der Waals surface area contributed by atoms with Crippen molar-refractivity contribution in [3.8, 4) is 0 Å². The van der Waals surface area contributed by atoms with Crippen LogP contribution in [0.5, 0.6) is 0 Å². The lowest BCUT2D eigenvalue weighted by Crippen LogP contribution is -2.60. The molecule has 0 radical (unpaired) electrons. The Bertz CT molecular complexity index is 824. The van der Waals surface area contributed by atoms with Gasteiger partial charge in [-0.2, -0.15) is 0 Å². The average Bonchev–Trinajstić information content (AvgIpc) is 3.51. The van der Waals surface area contributed by atoms with E-state index in [1.807, 2.05) is 13.8 Å². The van der Waals surface area contributed by atoms with Crippen LogP contribution >= 0.6 is 11.8 Å². The fourth-order valence-electron chi connectivity index (χ4n) is 5.88. The predicted octanol–water partition coefficient (Wildman–Crippen LogP) is 3.79. The number of hydrogen-bond acceptors (Lipinski definition) is 6. The molecular weight excluding hydrogens is 490 g/mol. The molecule has 0 aromatic heterocycles. The standard InChI is InChI=1S/C27H47N5O4S/c1-17(2)36-26(35)31-22(27(3,4)37-20-12-8-9-13-20)25(34)32-16-19(23(28)29)14-21(32)24(33)30-15-18-10-6-5-7-11-18/h17-22H,5-16H2,1-4H3,(H3,28,29)(H,30,33)(H,31,35)/t19-,21+,22+/m1/s1. The molecule has 2 aliphatic carbocycles. The van der Waals surface area contributed by atoms with Gasteiger partial charge in [-0.05, 0) is 65.7 Å². The molecule has 3 atom stereocenters. The first-order valence-electron chi connectivity index (χ1n) is 14.0. The third-order valence-corrected chi connectivity index (χ3v) is 9.58. The number of nitrogens with one attached hydrogen (secondary N) is 3. The van der Waals surface area contributed by atoms with E-state index in [-0.39, 0.29) is 36.2 Å². The third-order valence-electron chi connectivity index (χ3n) is 7.94. The highest BCUT2D eigenvalue weighted by Gasteiger charge is 2.48. The normalized spacial score (nSPS) is 24.2. The average molecular weight is 538 g/mol. The molecule has 0 aromatic rings. The number of rotatable bonds is 10. The molecule has 3 amide bonds. The van der Waals surface area contributed by atoms with Crippen LogP contribution in [0, 0.1) is 17.2 Å². The van der Waals surface area contributed by atoms with Crippen molar-refractivity contribution in [1.82, 2.24) is 15.5 Å². The summed E-state index contributed by atoms with van der Waals surface area (Å²) < 4.78 is 4.71. The number of likely N-dealkylation sites (tertiary alicyclic amines) is 1. The van der Waals surface area contributed by atoms with E-state index in [9.17, 15) is 14.4 Å². The van der Waals surface area contributed by atoms with Gasteiger partial charge in [0.05, 0.1) is 11.9 Å². The van der Waals surface area contributed by atoms with Gasteiger partial charge in [-0.15, -0.1) is 11.8 Å². The van der Waals surface area contributed by atoms with Gasteiger partial charge in [0.25, 0.3) is 0 Å². The third kappa shape index (κ3) is 8.26. The Morgan fingerprint density at radius 1 is 1.08 bits per heavy atom. The molecule has 1 aliphatic heterocycles. The van der Waals surface area contributed by atoms with Crippen LogP contribution in [0.15, 0.2) is 0 Å². The zero-order valence-electron chi connectivity index (χ0n) is 23.0. The number of hydrogen-bond donors (Lipinski definition) is 4. The second-order valence-electron chi connectivity index (χ2n) is 11.8. The second-order valence-corrected chi connectivity index (χ2v) is 13.8. The Morgan fingerprint density at radius 2 is 1.70 bits per heavy atom. The fraction of sp³-hybridized carbons (Fsp3) is 0.852. The van der Waals surface area contributed by atoms with E-state index in [1.165, 1.54) is 32.1 Å². The summed E-state index contributed by atoms with van der Waals surface area (Å²) in [5.41, 5.74) is 5.84. The molecule has 0 unspecified atom stereocenters. The number of nitrogens with zero attached hydrogens (tertiary/aromatic N) is 1. The van der Waals surface area contributed by atoms with Gasteiger partial charge in [-0.1, -0.05) is 32.1 Å². The van der Waals surface area contributed by atoms with E-state index in [1.54, 1.807) is 30.5 Å². The molecule has 5 N–H and O–H groups in total. The highest BCUT2D eigenvalue weighted by molar-refractivity contribution is 8.01. The summed E-state index contributed by atoms with van der Waals surface area (Å²) in [6, 6.07) is -1.61. The number of alkyl carbamates (subject to hydrolysis) is 1. The summed E-state index contributed by atoms with van der Waals surface area (Å²) in [6.07, 6.45) is 9.72. The lowest BCUT2D eigenvalue weighted by molar-refractivity contribution is -0.140. The van der Waals surface area contributed by atoms with E-state index < -0.39 is 22.9 Å². The minimum absolute atomic E-state index is 0.0244. The second kappa shape index (κ2) is 13.2. The number of amides is 3. The van der Waals surface area contributed by atoms with Crippen molar-refractivity contribution in [2.75, 3.05) is 13.1 Å². The van der Waals surface area contributed by atoms with Crippen molar-refractivity contribution in [3.05, 3.63) is 0 Å². The molecule has 0 spiro atoms. The molecular formula is C27H47N5O4S. The Labute approximate surface area is 226 Å². The summed E-state index contributed by atoms with van der Waals surface area (Å²) in [7, 11) is 0. The lowest BCUT2D eigenvalue weighted by Gasteiger charge is -2.38. The molecule has 3 rings (SSSR count). The minimum Gasteiger partial charge on any atom is -0.447 e. The van der Waals surface area contributed by atoms with Gasteiger partial charge in [0.15, 0.2) is 0 Å². The molecule has 9 nitrogen and oxygen atoms in total. The lowest BCUT2D eigenvalue weighted by atomic mass is 9.89. The number of carbonyl (C=O) groups excluding carboxylic acids is 3. The van der Waals surface area contributed by atoms with E-state index in [0.717, 1.165) is 25.7 Å². The first-order valence-corrected chi connectivity index (χ1v) is 14.9. The molecule has 1 heterocycles. The summed E-state index contributed by atoms with van der Waals surface area (Å²) in [5.74, 6) is -0.467. The first-order chi connectivity index (χ1) is 17.5. The smallest absolute Gasteiger partial charge is 0.408 e. The molecule has 3 fully saturated rings. The van der Waals surface area contributed by atoms with Gasteiger partial charge >= 0.3 is 6.09 Å². The molecule has 0 bridgehead atoms. The van der Waals surface area contributed by atoms with Gasteiger partial charge in [0, 0.05) is 29.0 Å². The Kier molecular flexibility index (Phi) is 10.6. The SMILES string of the molecule is CC(C)OC(=O)N[C@@H](C(=O)N1C[C@H](C(=N)N)C[C@H]1C(=O)NCC1CCCCC1)C(C)(C)SC1CCCC1. The van der Waals surface area contributed by atoms with E-state index >= 15 is 0 Å². The number of carbonyl (C=O) groups is 3. The van der Waals surface area contributed by atoms with Crippen molar-refractivity contribution >= 4 is 35.5 Å². The summed E-state index contributed by atoms with van der Waals surface area (Å²) in [4.78, 5) is 41.7. The van der Waals surface area contributed by atoms with Crippen molar-refractivity contribution in [3.63, 3.8) is 0 Å². The molecule has 210 valence electrons. The zero-order valence-corrected chi connectivity index (χ0v) is 23.8. The quantitative estimate of drug-likeness (QED) is 0.247. The summed E-state index contributed by atoms with van der Waals surface area (Å²) in [5, 5.41) is 14.3. The van der Waals surface area contributed by atoms with Crippen LogP contribution in [0.2, 0.25) is 0 Å². The summed E-state index contributed by atoms with van der Waals surface area (Å²) >= 11 is 1.73. The highest BCUT2D eigenvalue weighted by atomic mass is 32.2. The van der Waals surface area contributed by atoms with Gasteiger partial charge in [-0.25, -0.2) is 4.79 Å². The monoisotopic (exact) mass is 537 g/mol. The van der Waals surface area contributed by atoms with Crippen LogP contribution in [-0.2, 0) is 14.3 Å². The maximum absolute atomic E-state index is 14.1. The van der Waals surface area contributed by atoms with Gasteiger partial charge in [0.2, 0.25) is 11.8 Å². The van der Waals surface area contributed by atoms with Gasteiger partial charge in [-0.3, -0.25) is 15.0 Å². The molecule has 10 heteroatoms. The molecule has 37 heavy (non-hydrogen) atoms. The number of thioether (sulfide) groups is 1. The first kappa shape index (κ1) is 29.6. The molecule has 1 saturated heterocycles. The number of ether oxygens (including phenoxy) is 1. The number of nitrogens with two attached hydrogens (primary N) is 1. The summed E-state index contributed by atoms with van der Waals surface area (Å²) in [6.45, 7) is 8.28. The topological polar surface area (TPSA) is 138 Å². The van der Waals surface area contributed by atoms with Crippen LogP contribution in [0.4, 0.5) is 4.79 Å². The molecule has 0 aromatic carbocycles. The van der Waals surface area contributed by atoms with Gasteiger partial charge in [0.1, 0.15) is 12.1 Å². The highest BCUT2D eigenvalue weighted by Crippen LogP contribution is 2.40. The van der Waals surface area contributed by atoms with E-state index in [4.69, 9.17) is 15.9 Å². The van der Waals surface area contributed by atoms with Crippen LogP contribution in [0.1, 0.15) is 91.9 Å². The Hall–Kier alpha value is -1.97. The minimum atomic E-state index is -0.885. The zero-order chi connectivity index (χ0) is 27.2. The van der Waals surface area contributed by atoms with Crippen LogP contribution in [0.25, 0.3) is 0 Å². The Morgan fingerprint density at radius 3 is 2.30 bits per heavy atom. The van der Waals surface area contributed by atoms with Crippen LogP contribution in [-0.4, -0.2) is 69.9 Å². The van der Waals surface area contributed by atoms with Gasteiger partial charge < -0.3 is 26.0 Å². The Balaban J connectivity index is 1.79. The maximum Gasteiger partial charge on any atom is 0.408 e. The molecule has 3 aliphatic rings. The van der Waals surface area contributed by atoms with Crippen molar-refractivity contribution in [2.45, 2.75) is 120 Å². The van der Waals surface area contributed by atoms with Crippen molar-refractivity contribution in [2.24, 2.45) is 17.6 Å². The van der Waals surface area contributed by atoms with Crippen LogP contribution < -0.4 is 16.4 Å². The largest absolute Gasteiger partial charge is 0.447 e.